The van der Waals surface area contributed by atoms with Crippen molar-refractivity contribution in [1.29, 1.82) is 0 Å². The van der Waals surface area contributed by atoms with Crippen molar-refractivity contribution in [3.63, 3.8) is 0 Å². The summed E-state index contributed by atoms with van der Waals surface area (Å²) in [6.07, 6.45) is -1.79. The predicted molar refractivity (Wildman–Crippen MR) is 71.6 cm³/mol. The van der Waals surface area contributed by atoms with Gasteiger partial charge in [-0.05, 0) is 51.1 Å². The van der Waals surface area contributed by atoms with Gasteiger partial charge in [-0.2, -0.15) is 13.2 Å². The van der Waals surface area contributed by atoms with Crippen LogP contribution in [0, 0.1) is 5.92 Å². The first-order chi connectivity index (χ1) is 9.82. The molecule has 21 heavy (non-hydrogen) atoms. The molecular weight excluding hydrogens is 285 g/mol. The molecule has 2 N–H and O–H groups in total. The Morgan fingerprint density at radius 1 is 1.33 bits per heavy atom. The molecule has 4 nitrogen and oxygen atoms in total. The van der Waals surface area contributed by atoms with E-state index in [1.807, 2.05) is 0 Å². The first-order valence-corrected chi connectivity index (χ1v) is 7.59. The summed E-state index contributed by atoms with van der Waals surface area (Å²) in [6, 6.07) is 0. The molecule has 2 rings (SSSR count). The Labute approximate surface area is 122 Å². The minimum absolute atomic E-state index is 0.190. The minimum Gasteiger partial charge on any atom is -0.379 e. The van der Waals surface area contributed by atoms with Gasteiger partial charge in [0.2, 0.25) is 5.91 Å². The number of rotatable bonds is 3. The van der Waals surface area contributed by atoms with Gasteiger partial charge in [-0.15, -0.1) is 0 Å². The Kier molecular flexibility index (Phi) is 5.14. The van der Waals surface area contributed by atoms with Crippen molar-refractivity contribution >= 4 is 5.91 Å². The van der Waals surface area contributed by atoms with Crippen LogP contribution in [0.3, 0.4) is 0 Å². The van der Waals surface area contributed by atoms with Gasteiger partial charge in [-0.25, -0.2) is 0 Å². The summed E-state index contributed by atoms with van der Waals surface area (Å²) in [4.78, 5) is 13.3. The van der Waals surface area contributed by atoms with E-state index in [1.54, 1.807) is 0 Å². The highest BCUT2D eigenvalue weighted by Gasteiger charge is 2.55. The lowest BCUT2D eigenvalue weighted by atomic mass is 9.90. The van der Waals surface area contributed by atoms with E-state index in [4.69, 9.17) is 0 Å². The highest BCUT2D eigenvalue weighted by molar-refractivity contribution is 5.76. The zero-order chi connectivity index (χ0) is 15.5. The van der Waals surface area contributed by atoms with Crippen LogP contribution in [0.1, 0.15) is 38.5 Å². The number of carbonyl (C=O) groups is 1. The third-order valence-electron chi connectivity index (χ3n) is 4.58. The topological polar surface area (TPSA) is 52.6 Å². The monoisotopic (exact) mass is 308 g/mol. The van der Waals surface area contributed by atoms with Gasteiger partial charge in [0.25, 0.3) is 0 Å². The molecule has 2 fully saturated rings. The molecule has 122 valence electrons. The van der Waals surface area contributed by atoms with E-state index in [1.165, 1.54) is 4.90 Å². The lowest BCUT2D eigenvalue weighted by molar-refractivity contribution is -0.272. The van der Waals surface area contributed by atoms with Crippen LogP contribution in [0.15, 0.2) is 0 Å². The summed E-state index contributed by atoms with van der Waals surface area (Å²) in [5.74, 6) is 0.206. The number of halogens is 3. The highest BCUT2D eigenvalue weighted by atomic mass is 19.4. The van der Waals surface area contributed by atoms with Gasteiger partial charge in [0.1, 0.15) is 0 Å². The average Bonchev–Trinajstić information content (AvgIpc) is 2.45. The molecule has 0 aliphatic carbocycles. The lowest BCUT2D eigenvalue weighted by Gasteiger charge is -2.40. The van der Waals surface area contributed by atoms with E-state index in [2.05, 4.69) is 5.32 Å². The van der Waals surface area contributed by atoms with E-state index in [0.717, 1.165) is 32.4 Å². The molecule has 2 heterocycles. The third kappa shape index (κ3) is 4.10. The van der Waals surface area contributed by atoms with Crippen molar-refractivity contribution in [3.8, 4) is 0 Å². The van der Waals surface area contributed by atoms with Crippen LogP contribution in [0.2, 0.25) is 0 Å². The molecule has 2 saturated heterocycles. The number of nitrogens with zero attached hydrogens (tertiary/aromatic N) is 1. The Bertz CT molecular complexity index is 370. The van der Waals surface area contributed by atoms with E-state index >= 15 is 0 Å². The molecule has 7 heteroatoms. The normalized spacial score (nSPS) is 28.7. The summed E-state index contributed by atoms with van der Waals surface area (Å²) in [5.41, 5.74) is -2.74. The number of alkyl halides is 3. The first-order valence-electron chi connectivity index (χ1n) is 7.59. The molecule has 0 radical (unpaired) electrons. The molecule has 2 aliphatic heterocycles. The number of nitrogens with one attached hydrogen (secondary N) is 1. The predicted octanol–water partition coefficient (Wildman–Crippen LogP) is 1.68. The number of piperidine rings is 2. The van der Waals surface area contributed by atoms with Crippen LogP contribution in [0.5, 0.6) is 0 Å². The zero-order valence-electron chi connectivity index (χ0n) is 12.1. The molecule has 0 aromatic heterocycles. The molecule has 0 aromatic rings. The Morgan fingerprint density at radius 3 is 2.62 bits per heavy atom. The molecule has 1 amide bonds. The van der Waals surface area contributed by atoms with Gasteiger partial charge in [0.15, 0.2) is 5.60 Å². The fourth-order valence-corrected chi connectivity index (χ4v) is 3.14. The van der Waals surface area contributed by atoms with Gasteiger partial charge in [0.05, 0.1) is 6.54 Å². The second-order valence-corrected chi connectivity index (χ2v) is 6.18. The Balaban J connectivity index is 1.84. The molecule has 1 atom stereocenters. The van der Waals surface area contributed by atoms with Crippen molar-refractivity contribution in [3.05, 3.63) is 0 Å². The Morgan fingerprint density at radius 2 is 2.00 bits per heavy atom. The van der Waals surface area contributed by atoms with E-state index in [-0.39, 0.29) is 25.2 Å². The summed E-state index contributed by atoms with van der Waals surface area (Å²) < 4.78 is 38.5. The third-order valence-corrected chi connectivity index (χ3v) is 4.58. The van der Waals surface area contributed by atoms with Crippen LogP contribution in [-0.2, 0) is 4.79 Å². The van der Waals surface area contributed by atoms with E-state index in [9.17, 15) is 23.1 Å². The fraction of sp³-hybridized carbons (Fsp3) is 0.929. The number of carbonyl (C=O) groups excluding carboxylic acids is 1. The maximum atomic E-state index is 12.8. The molecule has 2 aliphatic rings. The number of hydrogen-bond acceptors (Lipinski definition) is 3. The lowest BCUT2D eigenvalue weighted by Crippen LogP contribution is -2.58. The van der Waals surface area contributed by atoms with Gasteiger partial charge in [-0.3, -0.25) is 4.79 Å². The second kappa shape index (κ2) is 6.52. The van der Waals surface area contributed by atoms with Crippen molar-refractivity contribution in [2.75, 3.05) is 26.2 Å². The summed E-state index contributed by atoms with van der Waals surface area (Å²) >= 11 is 0. The highest BCUT2D eigenvalue weighted by Crippen LogP contribution is 2.37. The summed E-state index contributed by atoms with van der Waals surface area (Å²) in [5, 5.41) is 13.0. The van der Waals surface area contributed by atoms with Crippen LogP contribution < -0.4 is 5.32 Å². The van der Waals surface area contributed by atoms with Crippen LogP contribution in [-0.4, -0.2) is 53.9 Å². The van der Waals surface area contributed by atoms with E-state index in [0.29, 0.717) is 12.5 Å². The number of hydrogen-bond donors (Lipinski definition) is 2. The van der Waals surface area contributed by atoms with Crippen LogP contribution >= 0.6 is 0 Å². The van der Waals surface area contributed by atoms with Crippen molar-refractivity contribution < 1.29 is 23.1 Å². The molecule has 0 spiro atoms. The van der Waals surface area contributed by atoms with Crippen LogP contribution in [0.25, 0.3) is 0 Å². The molecular formula is C14H23F3N2O2. The van der Waals surface area contributed by atoms with Gasteiger partial charge < -0.3 is 15.3 Å². The fourth-order valence-electron chi connectivity index (χ4n) is 3.14. The maximum absolute atomic E-state index is 12.8. The van der Waals surface area contributed by atoms with Crippen molar-refractivity contribution in [2.45, 2.75) is 50.3 Å². The quantitative estimate of drug-likeness (QED) is 0.834. The maximum Gasteiger partial charge on any atom is 0.418 e. The standard InChI is InChI=1S/C14H23F3N2O2/c15-14(16,17)13(21)6-1-9-19(10-13)12(20)3-2-11-4-7-18-8-5-11/h11,18,21H,1-10H2. The van der Waals surface area contributed by atoms with Crippen molar-refractivity contribution in [1.82, 2.24) is 10.2 Å². The Hall–Kier alpha value is -0.820. The number of β-amino-alcohol motifs (C(OH)–C–C–N with tert-alkyl or cyclic N) is 1. The number of likely N-dealkylation sites (tertiary alicyclic amines) is 1. The van der Waals surface area contributed by atoms with Crippen molar-refractivity contribution in [2.24, 2.45) is 5.92 Å². The first kappa shape index (κ1) is 16.5. The smallest absolute Gasteiger partial charge is 0.379 e. The second-order valence-electron chi connectivity index (χ2n) is 6.18. The van der Waals surface area contributed by atoms with Crippen LogP contribution in [0.4, 0.5) is 13.2 Å². The van der Waals surface area contributed by atoms with E-state index < -0.39 is 18.3 Å². The van der Waals surface area contributed by atoms with Gasteiger partial charge >= 0.3 is 6.18 Å². The minimum atomic E-state index is -4.68. The molecule has 1 unspecified atom stereocenters. The summed E-state index contributed by atoms with van der Waals surface area (Å²) in [7, 11) is 0. The molecule has 0 bridgehead atoms. The SMILES string of the molecule is O=C(CCC1CCNCC1)N1CCCC(O)(C(F)(F)F)C1. The number of amides is 1. The average molecular weight is 308 g/mol. The largest absolute Gasteiger partial charge is 0.418 e. The molecule has 0 saturated carbocycles. The summed E-state index contributed by atoms with van der Waals surface area (Å²) in [6.45, 7) is 1.57. The zero-order valence-corrected chi connectivity index (χ0v) is 12.1. The molecule has 0 aromatic carbocycles. The number of aliphatic hydroxyl groups is 1. The van der Waals surface area contributed by atoms with Gasteiger partial charge in [0, 0.05) is 13.0 Å². The van der Waals surface area contributed by atoms with Gasteiger partial charge in [-0.1, -0.05) is 0 Å².